The van der Waals surface area contributed by atoms with Crippen molar-refractivity contribution in [2.75, 3.05) is 15.5 Å². The maximum absolute atomic E-state index is 6.69. The smallest absolute Gasteiger partial charge is 0.0691 e. The van der Waals surface area contributed by atoms with Gasteiger partial charge >= 0.3 is 0 Å². The molecule has 0 atom stereocenters. The van der Waals surface area contributed by atoms with Gasteiger partial charge < -0.3 is 15.5 Å². The zero-order valence-electron chi connectivity index (χ0n) is 28.7. The van der Waals surface area contributed by atoms with Gasteiger partial charge in [0.1, 0.15) is 0 Å². The summed E-state index contributed by atoms with van der Waals surface area (Å²) in [6.45, 7) is 4.26. The summed E-state index contributed by atoms with van der Waals surface area (Å²) in [6, 6.07) is 63.3. The van der Waals surface area contributed by atoms with Crippen LogP contribution in [0.3, 0.4) is 0 Å². The Labute approximate surface area is 298 Å². The lowest BCUT2D eigenvalue weighted by Gasteiger charge is -2.30. The van der Waals surface area contributed by atoms with Crippen LogP contribution in [0.15, 0.2) is 176 Å². The molecule has 0 radical (unpaired) electrons. The van der Waals surface area contributed by atoms with Gasteiger partial charge in [0.05, 0.1) is 28.4 Å². The third kappa shape index (κ3) is 5.22. The van der Waals surface area contributed by atoms with E-state index in [1.54, 1.807) is 0 Å². The molecule has 244 valence electrons. The van der Waals surface area contributed by atoms with Crippen LogP contribution in [0.1, 0.15) is 11.1 Å². The zero-order chi connectivity index (χ0) is 34.5. The van der Waals surface area contributed by atoms with E-state index in [9.17, 15) is 0 Å². The van der Waals surface area contributed by atoms with Crippen LogP contribution in [0, 0.1) is 13.8 Å². The lowest BCUT2D eigenvalue weighted by atomic mass is 9.91. The van der Waals surface area contributed by atoms with Crippen molar-refractivity contribution in [1.29, 1.82) is 0 Å². The highest BCUT2D eigenvalue weighted by molar-refractivity contribution is 6.28. The first-order valence-electron chi connectivity index (χ1n) is 17.5. The average molecular weight is 656 g/mol. The minimum absolute atomic E-state index is 0.733. The van der Waals surface area contributed by atoms with Gasteiger partial charge in [-0.1, -0.05) is 132 Å². The summed E-state index contributed by atoms with van der Waals surface area (Å²) >= 11 is 0. The largest absolute Gasteiger partial charge is 0.397 e. The van der Waals surface area contributed by atoms with Crippen LogP contribution < -0.4 is 15.5 Å². The summed E-state index contributed by atoms with van der Waals surface area (Å²) in [4.78, 5) is 4.73. The second-order valence-electron chi connectivity index (χ2n) is 13.4. The first kappa shape index (κ1) is 30.5. The van der Waals surface area contributed by atoms with Crippen molar-refractivity contribution in [2.24, 2.45) is 0 Å². The Kier molecular flexibility index (Phi) is 7.40. The summed E-state index contributed by atoms with van der Waals surface area (Å²) in [7, 11) is 0. The summed E-state index contributed by atoms with van der Waals surface area (Å²) < 4.78 is 0. The van der Waals surface area contributed by atoms with Crippen molar-refractivity contribution in [2.45, 2.75) is 13.8 Å². The van der Waals surface area contributed by atoms with Gasteiger partial charge in [-0.15, -0.1) is 0 Å². The number of hydrogen-bond acceptors (Lipinski definition) is 3. The summed E-state index contributed by atoms with van der Waals surface area (Å²) in [5.74, 6) is 0. The van der Waals surface area contributed by atoms with E-state index in [1.807, 2.05) is 12.1 Å². The van der Waals surface area contributed by atoms with Crippen molar-refractivity contribution in [3.8, 4) is 11.1 Å². The molecule has 0 aliphatic rings. The topological polar surface area (TPSA) is 32.5 Å². The number of nitrogens with zero attached hydrogens (tertiary/aromatic N) is 2. The predicted octanol–water partition coefficient (Wildman–Crippen LogP) is 13.4. The highest BCUT2D eigenvalue weighted by Crippen LogP contribution is 2.49. The average Bonchev–Trinajstić information content (AvgIpc) is 3.17. The number of nitrogens with two attached hydrogens (primary N) is 1. The highest BCUT2D eigenvalue weighted by Gasteiger charge is 2.23. The number of rotatable bonds is 7. The van der Waals surface area contributed by atoms with E-state index in [0.717, 1.165) is 39.8 Å². The number of anilines is 7. The number of nitrogen functional groups attached to an aromatic ring is 1. The molecule has 0 aliphatic carbocycles. The molecular formula is C48H37N3. The molecule has 3 nitrogen and oxygen atoms in total. The quantitative estimate of drug-likeness (QED) is 0.137. The van der Waals surface area contributed by atoms with E-state index < -0.39 is 0 Å². The number of hydrogen-bond donors (Lipinski definition) is 1. The monoisotopic (exact) mass is 655 g/mol. The van der Waals surface area contributed by atoms with Crippen LogP contribution in [-0.2, 0) is 0 Å². The van der Waals surface area contributed by atoms with Crippen LogP contribution in [0.25, 0.3) is 43.4 Å². The molecule has 9 rings (SSSR count). The van der Waals surface area contributed by atoms with Crippen molar-refractivity contribution in [3.63, 3.8) is 0 Å². The van der Waals surface area contributed by atoms with E-state index in [1.165, 1.54) is 54.6 Å². The minimum atomic E-state index is 0.733. The molecule has 51 heavy (non-hydrogen) atoms. The predicted molar refractivity (Wildman–Crippen MR) is 219 cm³/mol. The van der Waals surface area contributed by atoms with Gasteiger partial charge in [0.15, 0.2) is 0 Å². The van der Waals surface area contributed by atoms with Crippen molar-refractivity contribution < 1.29 is 0 Å². The number of aryl methyl sites for hydroxylation is 2. The molecule has 0 aliphatic heterocycles. The van der Waals surface area contributed by atoms with Crippen molar-refractivity contribution in [1.82, 2.24) is 0 Å². The highest BCUT2D eigenvalue weighted by atomic mass is 15.2. The maximum atomic E-state index is 6.69. The van der Waals surface area contributed by atoms with Gasteiger partial charge in [-0.2, -0.15) is 0 Å². The molecule has 9 aromatic carbocycles. The van der Waals surface area contributed by atoms with E-state index in [2.05, 4.69) is 187 Å². The summed E-state index contributed by atoms with van der Waals surface area (Å²) in [5.41, 5.74) is 18.7. The molecular weight excluding hydrogens is 619 g/mol. The number of benzene rings is 9. The Balaban J connectivity index is 1.32. The Morgan fingerprint density at radius 1 is 0.373 bits per heavy atom. The molecule has 3 heteroatoms. The van der Waals surface area contributed by atoms with Crippen LogP contribution in [-0.4, -0.2) is 0 Å². The Bertz CT molecular complexity index is 2660. The molecule has 9 aromatic rings. The molecule has 0 saturated carbocycles. The molecule has 0 heterocycles. The van der Waals surface area contributed by atoms with Crippen LogP contribution in [0.2, 0.25) is 0 Å². The van der Waals surface area contributed by atoms with Gasteiger partial charge in [0, 0.05) is 27.7 Å². The Morgan fingerprint density at radius 2 is 0.824 bits per heavy atom. The first-order chi connectivity index (χ1) is 25.0. The second kappa shape index (κ2) is 12.4. The lowest BCUT2D eigenvalue weighted by molar-refractivity contribution is 1.29. The third-order valence-electron chi connectivity index (χ3n) is 10.1. The normalized spacial score (nSPS) is 11.4. The van der Waals surface area contributed by atoms with Gasteiger partial charge in [-0.25, -0.2) is 0 Å². The molecule has 0 spiro atoms. The summed E-state index contributed by atoms with van der Waals surface area (Å²) in [5, 5.41) is 7.30. The van der Waals surface area contributed by atoms with Crippen LogP contribution >= 0.6 is 0 Å². The molecule has 0 unspecified atom stereocenters. The van der Waals surface area contributed by atoms with Gasteiger partial charge in [-0.3, -0.25) is 0 Å². The van der Waals surface area contributed by atoms with Crippen molar-refractivity contribution >= 4 is 72.1 Å². The van der Waals surface area contributed by atoms with E-state index in [0.29, 0.717) is 0 Å². The second-order valence-corrected chi connectivity index (χ2v) is 13.4. The van der Waals surface area contributed by atoms with E-state index in [-0.39, 0.29) is 0 Å². The fourth-order valence-corrected chi connectivity index (χ4v) is 7.59. The van der Waals surface area contributed by atoms with Crippen molar-refractivity contribution in [3.05, 3.63) is 187 Å². The Morgan fingerprint density at radius 3 is 1.37 bits per heavy atom. The zero-order valence-corrected chi connectivity index (χ0v) is 28.7. The number of para-hydroxylation sites is 3. The SMILES string of the molecule is Cc1ccc(N(c2ccccc2N)c2ccc3ccc4c(N(c5ccc(C)cc5)c5ccccc5-c5ccccc5)ccc5ccc2c3c54)cc1. The van der Waals surface area contributed by atoms with Gasteiger partial charge in [0.25, 0.3) is 0 Å². The molecule has 0 bridgehead atoms. The first-order valence-corrected chi connectivity index (χ1v) is 17.5. The maximum Gasteiger partial charge on any atom is 0.0691 e. The Hall–Kier alpha value is -6.58. The summed E-state index contributed by atoms with van der Waals surface area (Å²) in [6.07, 6.45) is 0. The van der Waals surface area contributed by atoms with Gasteiger partial charge in [0.2, 0.25) is 0 Å². The van der Waals surface area contributed by atoms with E-state index >= 15 is 0 Å². The minimum Gasteiger partial charge on any atom is -0.397 e. The molecule has 0 amide bonds. The standard InChI is InChI=1S/C48H37N3/c1-32-16-24-37(25-17-32)50(43-14-8-6-12-39(43)34-10-4-3-5-11-34)44-30-22-35-21-29-41-45(31-23-36-20-28-40(44)47(35)48(36)41)51(38-26-18-33(2)19-27-38)46-15-9-7-13-42(46)49/h3-31H,49H2,1-2H3. The fraction of sp³-hybridized carbons (Fsp3) is 0.0417. The van der Waals surface area contributed by atoms with E-state index in [4.69, 9.17) is 5.73 Å². The van der Waals surface area contributed by atoms with Gasteiger partial charge in [-0.05, 0) is 95.6 Å². The molecule has 0 fully saturated rings. The molecule has 2 N–H and O–H groups in total. The third-order valence-corrected chi connectivity index (χ3v) is 10.1. The molecule has 0 aromatic heterocycles. The van der Waals surface area contributed by atoms with Crippen LogP contribution in [0.4, 0.5) is 39.8 Å². The fourth-order valence-electron chi connectivity index (χ4n) is 7.59. The molecule has 0 saturated heterocycles. The lowest BCUT2D eigenvalue weighted by Crippen LogP contribution is -2.13. The van der Waals surface area contributed by atoms with Crippen LogP contribution in [0.5, 0.6) is 0 Å².